The molecule has 0 radical (unpaired) electrons. The van der Waals surface area contributed by atoms with Gasteiger partial charge in [0.05, 0.1) is 5.56 Å². The fraction of sp³-hybridized carbons (Fsp3) is 0.400. The lowest BCUT2D eigenvalue weighted by atomic mass is 10.2. The van der Waals surface area contributed by atoms with Gasteiger partial charge in [-0.15, -0.1) is 0 Å². The normalized spacial score (nSPS) is 15.7. The van der Waals surface area contributed by atoms with Crippen LogP contribution in [0.15, 0.2) is 16.7 Å². The molecule has 15 heavy (non-hydrogen) atoms. The van der Waals surface area contributed by atoms with E-state index in [1.54, 1.807) is 6.07 Å². The monoisotopic (exact) mass is 270 g/mol. The smallest absolute Gasteiger partial charge is 0.335 e. The van der Waals surface area contributed by atoms with Crippen LogP contribution in [0.3, 0.4) is 0 Å². The molecule has 0 saturated carbocycles. The van der Waals surface area contributed by atoms with Gasteiger partial charge in [-0.2, -0.15) is 0 Å². The highest BCUT2D eigenvalue weighted by atomic mass is 79.9. The van der Waals surface area contributed by atoms with Gasteiger partial charge in [-0.25, -0.2) is 9.78 Å². The molecular weight excluding hydrogens is 260 g/mol. The molecule has 1 fully saturated rings. The Kier molecular flexibility index (Phi) is 2.90. The van der Waals surface area contributed by atoms with Crippen LogP contribution in [0.2, 0.25) is 0 Å². The number of nitrogens with zero attached hydrogens (tertiary/aromatic N) is 2. The van der Waals surface area contributed by atoms with Crippen molar-refractivity contribution in [2.24, 2.45) is 0 Å². The molecule has 1 aliphatic heterocycles. The first-order valence-corrected chi connectivity index (χ1v) is 5.62. The first kappa shape index (κ1) is 10.4. The minimum absolute atomic E-state index is 0.277. The summed E-state index contributed by atoms with van der Waals surface area (Å²) in [6.07, 6.45) is 2.30. The molecule has 0 aromatic carbocycles. The Morgan fingerprint density at radius 3 is 2.67 bits per heavy atom. The maximum Gasteiger partial charge on any atom is 0.335 e. The van der Waals surface area contributed by atoms with Crippen LogP contribution >= 0.6 is 15.9 Å². The third-order valence-corrected chi connectivity index (χ3v) is 2.86. The van der Waals surface area contributed by atoms with Gasteiger partial charge < -0.3 is 10.0 Å². The van der Waals surface area contributed by atoms with E-state index in [1.165, 1.54) is 6.07 Å². The van der Waals surface area contributed by atoms with E-state index in [-0.39, 0.29) is 5.56 Å². The number of pyridine rings is 1. The van der Waals surface area contributed by atoms with Crippen molar-refractivity contribution in [3.63, 3.8) is 0 Å². The zero-order chi connectivity index (χ0) is 10.8. The van der Waals surface area contributed by atoms with Crippen LogP contribution in [-0.4, -0.2) is 29.1 Å². The first-order valence-electron chi connectivity index (χ1n) is 4.82. The lowest BCUT2D eigenvalue weighted by Gasteiger charge is -2.16. The fourth-order valence-corrected chi connectivity index (χ4v) is 2.14. The molecule has 0 unspecified atom stereocenters. The van der Waals surface area contributed by atoms with Gasteiger partial charge in [0, 0.05) is 13.1 Å². The Bertz CT molecular complexity index is 389. The van der Waals surface area contributed by atoms with Gasteiger partial charge in [0.15, 0.2) is 0 Å². The highest BCUT2D eigenvalue weighted by Crippen LogP contribution is 2.22. The summed E-state index contributed by atoms with van der Waals surface area (Å²) in [5, 5.41) is 8.91. The van der Waals surface area contributed by atoms with Gasteiger partial charge in [0.25, 0.3) is 0 Å². The van der Waals surface area contributed by atoms with E-state index in [0.29, 0.717) is 4.60 Å². The molecule has 0 aliphatic carbocycles. The number of carbonyl (C=O) groups is 1. The molecule has 0 bridgehead atoms. The average molecular weight is 271 g/mol. The van der Waals surface area contributed by atoms with Crippen LogP contribution < -0.4 is 4.90 Å². The van der Waals surface area contributed by atoms with E-state index in [2.05, 4.69) is 25.8 Å². The summed E-state index contributed by atoms with van der Waals surface area (Å²) in [6, 6.07) is 3.14. The van der Waals surface area contributed by atoms with Crippen LogP contribution in [0.1, 0.15) is 23.2 Å². The molecule has 5 heteroatoms. The van der Waals surface area contributed by atoms with Crippen molar-refractivity contribution in [2.75, 3.05) is 18.0 Å². The van der Waals surface area contributed by atoms with Gasteiger partial charge in [0.1, 0.15) is 10.4 Å². The number of anilines is 1. The molecule has 4 nitrogen and oxygen atoms in total. The average Bonchev–Trinajstić information content (AvgIpc) is 2.69. The number of hydrogen-bond acceptors (Lipinski definition) is 3. The SMILES string of the molecule is O=C(O)c1cc(Br)nc(N2CCCC2)c1. The van der Waals surface area contributed by atoms with Crippen molar-refractivity contribution in [3.05, 3.63) is 22.3 Å². The zero-order valence-corrected chi connectivity index (χ0v) is 9.70. The van der Waals surface area contributed by atoms with Crippen LogP contribution in [0, 0.1) is 0 Å². The number of aromatic nitrogens is 1. The van der Waals surface area contributed by atoms with Crippen molar-refractivity contribution >= 4 is 27.7 Å². The Morgan fingerprint density at radius 2 is 2.07 bits per heavy atom. The van der Waals surface area contributed by atoms with E-state index in [0.717, 1.165) is 31.7 Å². The van der Waals surface area contributed by atoms with Gasteiger partial charge in [-0.1, -0.05) is 0 Å². The summed E-state index contributed by atoms with van der Waals surface area (Å²) in [6.45, 7) is 1.92. The van der Waals surface area contributed by atoms with Crippen molar-refractivity contribution < 1.29 is 9.90 Å². The van der Waals surface area contributed by atoms with Gasteiger partial charge in [-0.3, -0.25) is 0 Å². The predicted octanol–water partition coefficient (Wildman–Crippen LogP) is 2.14. The molecule has 0 atom stereocenters. The summed E-state index contributed by atoms with van der Waals surface area (Å²) < 4.78 is 0.573. The number of aromatic carboxylic acids is 1. The van der Waals surface area contributed by atoms with Gasteiger partial charge >= 0.3 is 5.97 Å². The molecule has 1 aromatic heterocycles. The lowest BCUT2D eigenvalue weighted by molar-refractivity contribution is 0.0696. The third-order valence-electron chi connectivity index (χ3n) is 2.46. The molecule has 80 valence electrons. The molecule has 2 rings (SSSR count). The van der Waals surface area contributed by atoms with Crippen molar-refractivity contribution in [1.82, 2.24) is 4.98 Å². The quantitative estimate of drug-likeness (QED) is 0.837. The minimum atomic E-state index is -0.918. The van der Waals surface area contributed by atoms with E-state index < -0.39 is 5.97 Å². The molecule has 1 aromatic rings. The number of carboxylic acids is 1. The summed E-state index contributed by atoms with van der Waals surface area (Å²) in [5.74, 6) is -0.169. The zero-order valence-electron chi connectivity index (χ0n) is 8.11. The molecule has 1 N–H and O–H groups in total. The second-order valence-corrected chi connectivity index (χ2v) is 4.35. The molecule has 1 aliphatic rings. The lowest BCUT2D eigenvalue weighted by Crippen LogP contribution is -2.19. The van der Waals surface area contributed by atoms with Crippen LogP contribution in [-0.2, 0) is 0 Å². The second-order valence-electron chi connectivity index (χ2n) is 3.54. The maximum atomic E-state index is 10.9. The van der Waals surface area contributed by atoms with Gasteiger partial charge in [0.2, 0.25) is 0 Å². The van der Waals surface area contributed by atoms with Gasteiger partial charge in [-0.05, 0) is 40.9 Å². The molecule has 1 saturated heterocycles. The van der Waals surface area contributed by atoms with Crippen LogP contribution in [0.4, 0.5) is 5.82 Å². The summed E-state index contributed by atoms with van der Waals surface area (Å²) in [5.41, 5.74) is 0.277. The van der Waals surface area contributed by atoms with Crippen molar-refractivity contribution in [3.8, 4) is 0 Å². The molecule has 2 heterocycles. The standard InChI is InChI=1S/C10H11BrN2O2/c11-8-5-7(10(14)15)6-9(12-8)13-3-1-2-4-13/h5-6H,1-4H2,(H,14,15). The number of rotatable bonds is 2. The third kappa shape index (κ3) is 2.28. The number of carboxylic acid groups (broad SMARTS) is 1. The summed E-state index contributed by atoms with van der Waals surface area (Å²) >= 11 is 3.23. The molecule has 0 amide bonds. The first-order chi connectivity index (χ1) is 7.16. The highest BCUT2D eigenvalue weighted by Gasteiger charge is 2.16. The van der Waals surface area contributed by atoms with Crippen molar-refractivity contribution in [2.45, 2.75) is 12.8 Å². The van der Waals surface area contributed by atoms with Crippen molar-refractivity contribution in [1.29, 1.82) is 0 Å². The van der Waals surface area contributed by atoms with E-state index in [1.807, 2.05) is 0 Å². The van der Waals surface area contributed by atoms with E-state index >= 15 is 0 Å². The number of halogens is 1. The summed E-state index contributed by atoms with van der Waals surface area (Å²) in [4.78, 5) is 17.2. The summed E-state index contributed by atoms with van der Waals surface area (Å²) in [7, 11) is 0. The Labute approximate surface area is 96.1 Å². The topological polar surface area (TPSA) is 53.4 Å². The Morgan fingerprint density at radius 1 is 1.40 bits per heavy atom. The number of hydrogen-bond donors (Lipinski definition) is 1. The maximum absolute atomic E-state index is 10.9. The van der Waals surface area contributed by atoms with Crippen LogP contribution in [0.25, 0.3) is 0 Å². The van der Waals surface area contributed by atoms with E-state index in [4.69, 9.17) is 5.11 Å². The highest BCUT2D eigenvalue weighted by molar-refractivity contribution is 9.10. The molecule has 0 spiro atoms. The minimum Gasteiger partial charge on any atom is -0.478 e. The fourth-order valence-electron chi connectivity index (χ4n) is 1.71. The second kappa shape index (κ2) is 4.18. The van der Waals surface area contributed by atoms with E-state index in [9.17, 15) is 4.79 Å². The Balaban J connectivity index is 2.34. The van der Waals surface area contributed by atoms with Crippen LogP contribution in [0.5, 0.6) is 0 Å². The largest absolute Gasteiger partial charge is 0.478 e. The Hall–Kier alpha value is -1.10. The predicted molar refractivity (Wildman–Crippen MR) is 60.3 cm³/mol. The molecular formula is C10H11BrN2O2.